The second kappa shape index (κ2) is 5.28. The molecule has 0 aromatic carbocycles. The molecule has 1 aliphatic carbocycles. The van der Waals surface area contributed by atoms with Crippen LogP contribution in [-0.2, 0) is 11.3 Å². The van der Waals surface area contributed by atoms with Crippen LogP contribution >= 0.6 is 11.8 Å². The van der Waals surface area contributed by atoms with Crippen LogP contribution in [0.5, 0.6) is 0 Å². The maximum absolute atomic E-state index is 6.07. The summed E-state index contributed by atoms with van der Waals surface area (Å²) in [5.41, 5.74) is 2.31. The van der Waals surface area contributed by atoms with Gasteiger partial charge in [0.05, 0.1) is 11.8 Å². The van der Waals surface area contributed by atoms with Gasteiger partial charge in [0.2, 0.25) is 0 Å². The van der Waals surface area contributed by atoms with E-state index in [2.05, 4.69) is 21.8 Å². The molecule has 5 heteroatoms. The van der Waals surface area contributed by atoms with Crippen molar-refractivity contribution in [1.82, 2.24) is 10.1 Å². The molecular formula is C16H24N2O2S. The lowest BCUT2D eigenvalue weighted by molar-refractivity contribution is 0.0304. The van der Waals surface area contributed by atoms with Crippen LogP contribution < -0.4 is 0 Å². The van der Waals surface area contributed by atoms with Crippen molar-refractivity contribution in [1.29, 1.82) is 0 Å². The molecule has 4 nitrogen and oxygen atoms in total. The van der Waals surface area contributed by atoms with Crippen LogP contribution in [0, 0.1) is 19.8 Å². The number of hydrogen-bond acceptors (Lipinski definition) is 5. The van der Waals surface area contributed by atoms with Gasteiger partial charge in [0.15, 0.2) is 0 Å². The van der Waals surface area contributed by atoms with Crippen molar-refractivity contribution < 1.29 is 9.26 Å². The van der Waals surface area contributed by atoms with Gasteiger partial charge in [0.1, 0.15) is 5.76 Å². The zero-order chi connectivity index (χ0) is 14.4. The fourth-order valence-corrected chi connectivity index (χ4v) is 5.12. The number of thioether (sulfide) groups is 1. The van der Waals surface area contributed by atoms with Crippen LogP contribution in [0.25, 0.3) is 0 Å². The van der Waals surface area contributed by atoms with Crippen LogP contribution in [0.4, 0.5) is 0 Å². The molecule has 21 heavy (non-hydrogen) atoms. The quantitative estimate of drug-likeness (QED) is 0.836. The number of nitrogens with zero attached hydrogens (tertiary/aromatic N) is 2. The lowest BCUT2D eigenvalue weighted by Gasteiger charge is -2.47. The zero-order valence-corrected chi connectivity index (χ0v) is 13.7. The third-order valence-corrected chi connectivity index (χ3v) is 6.60. The summed E-state index contributed by atoms with van der Waals surface area (Å²) < 4.78 is 11.8. The Morgan fingerprint density at radius 3 is 2.86 bits per heavy atom. The molecule has 3 aliphatic rings. The number of aryl methyl sites for hydroxylation is 2. The number of aromatic nitrogens is 1. The molecule has 1 atom stereocenters. The van der Waals surface area contributed by atoms with E-state index in [1.807, 2.05) is 13.8 Å². The number of likely N-dealkylation sites (tertiary alicyclic amines) is 1. The van der Waals surface area contributed by atoms with E-state index in [1.165, 1.54) is 43.7 Å². The van der Waals surface area contributed by atoms with Crippen molar-refractivity contribution in [3.8, 4) is 0 Å². The van der Waals surface area contributed by atoms with Crippen molar-refractivity contribution in [2.45, 2.75) is 50.5 Å². The van der Waals surface area contributed by atoms with E-state index in [0.29, 0.717) is 10.9 Å². The van der Waals surface area contributed by atoms with Crippen molar-refractivity contribution in [3.05, 3.63) is 17.0 Å². The van der Waals surface area contributed by atoms with Gasteiger partial charge in [-0.3, -0.25) is 4.90 Å². The smallest absolute Gasteiger partial charge is 0.138 e. The zero-order valence-electron chi connectivity index (χ0n) is 12.9. The van der Waals surface area contributed by atoms with Crippen LogP contribution in [0.15, 0.2) is 4.52 Å². The Kier molecular flexibility index (Phi) is 3.55. The maximum atomic E-state index is 6.07. The summed E-state index contributed by atoms with van der Waals surface area (Å²) in [6.07, 6.45) is 4.51. The van der Waals surface area contributed by atoms with Crippen molar-refractivity contribution in [2.24, 2.45) is 5.92 Å². The summed E-state index contributed by atoms with van der Waals surface area (Å²) in [7, 11) is 0. The Labute approximate surface area is 130 Å². The SMILES string of the molecule is Cc1noc(C)c1CN1CC2(C[C@H](OCC3CC3)CS2)C1. The predicted octanol–water partition coefficient (Wildman–Crippen LogP) is 2.78. The van der Waals surface area contributed by atoms with E-state index in [-0.39, 0.29) is 0 Å². The highest BCUT2D eigenvalue weighted by Gasteiger charge is 2.49. The average molecular weight is 308 g/mol. The van der Waals surface area contributed by atoms with Crippen LogP contribution in [0.3, 0.4) is 0 Å². The first-order valence-corrected chi connectivity index (χ1v) is 9.02. The van der Waals surface area contributed by atoms with E-state index < -0.39 is 0 Å². The molecule has 0 N–H and O–H groups in total. The summed E-state index contributed by atoms with van der Waals surface area (Å²) in [5.74, 6) is 3.04. The Hall–Kier alpha value is -0.520. The molecule has 3 fully saturated rings. The first kappa shape index (κ1) is 14.1. The summed E-state index contributed by atoms with van der Waals surface area (Å²) in [6.45, 7) is 8.40. The topological polar surface area (TPSA) is 38.5 Å². The van der Waals surface area contributed by atoms with Gasteiger partial charge in [-0.25, -0.2) is 0 Å². The fourth-order valence-electron chi connectivity index (χ4n) is 3.52. The first-order valence-electron chi connectivity index (χ1n) is 8.03. The fraction of sp³-hybridized carbons (Fsp3) is 0.812. The molecule has 2 saturated heterocycles. The Morgan fingerprint density at radius 2 is 2.19 bits per heavy atom. The van der Waals surface area contributed by atoms with Crippen LogP contribution in [0.1, 0.15) is 36.3 Å². The Morgan fingerprint density at radius 1 is 1.38 bits per heavy atom. The van der Waals surface area contributed by atoms with Crippen molar-refractivity contribution in [2.75, 3.05) is 25.4 Å². The Bertz CT molecular complexity index is 501. The van der Waals surface area contributed by atoms with Gasteiger partial charge in [-0.05, 0) is 39.0 Å². The van der Waals surface area contributed by atoms with Gasteiger partial charge in [-0.2, -0.15) is 0 Å². The molecule has 0 amide bonds. The van der Waals surface area contributed by atoms with E-state index >= 15 is 0 Å². The van der Waals surface area contributed by atoms with Crippen LogP contribution in [-0.4, -0.2) is 46.4 Å². The molecule has 1 aromatic heterocycles. The average Bonchev–Trinajstić information content (AvgIpc) is 3.09. The monoisotopic (exact) mass is 308 g/mol. The van der Waals surface area contributed by atoms with E-state index in [4.69, 9.17) is 9.26 Å². The summed E-state index contributed by atoms with van der Waals surface area (Å²) in [6, 6.07) is 0. The standard InChI is InChI=1S/C16H24N2O2S/c1-11-15(12(2)20-17-11)6-18-9-16(10-18)5-14(8-21-16)19-7-13-3-4-13/h13-14H,3-10H2,1-2H3/t14-/m0/s1. The van der Waals surface area contributed by atoms with Gasteiger partial charge in [0.25, 0.3) is 0 Å². The molecule has 1 saturated carbocycles. The van der Waals surface area contributed by atoms with E-state index in [9.17, 15) is 0 Å². The number of hydrogen-bond donors (Lipinski definition) is 0. The molecule has 0 radical (unpaired) electrons. The van der Waals surface area contributed by atoms with Gasteiger partial charge in [0, 0.05) is 42.3 Å². The summed E-state index contributed by atoms with van der Waals surface area (Å²) in [5, 5.41) is 4.05. The molecule has 0 unspecified atom stereocenters. The molecule has 1 aromatic rings. The second-order valence-electron chi connectivity index (χ2n) is 7.04. The highest BCUT2D eigenvalue weighted by Crippen LogP contribution is 2.47. The Balaban J connectivity index is 1.27. The lowest BCUT2D eigenvalue weighted by Crippen LogP contribution is -2.58. The molecule has 1 spiro atoms. The minimum atomic E-state index is 0.465. The summed E-state index contributed by atoms with van der Waals surface area (Å²) >= 11 is 2.13. The minimum Gasteiger partial charge on any atom is -0.377 e. The third kappa shape index (κ3) is 2.88. The van der Waals surface area contributed by atoms with Gasteiger partial charge in [-0.15, -0.1) is 11.8 Å². The van der Waals surface area contributed by atoms with E-state index in [1.54, 1.807) is 0 Å². The number of rotatable bonds is 5. The van der Waals surface area contributed by atoms with Gasteiger partial charge >= 0.3 is 0 Å². The molecule has 0 bridgehead atoms. The van der Waals surface area contributed by atoms with Crippen molar-refractivity contribution in [3.63, 3.8) is 0 Å². The van der Waals surface area contributed by atoms with Gasteiger partial charge in [-0.1, -0.05) is 5.16 Å². The van der Waals surface area contributed by atoms with Gasteiger partial charge < -0.3 is 9.26 Å². The van der Waals surface area contributed by atoms with Crippen LogP contribution in [0.2, 0.25) is 0 Å². The highest BCUT2D eigenvalue weighted by molar-refractivity contribution is 8.01. The van der Waals surface area contributed by atoms with Crippen molar-refractivity contribution >= 4 is 11.8 Å². The lowest BCUT2D eigenvalue weighted by atomic mass is 9.92. The largest absolute Gasteiger partial charge is 0.377 e. The maximum Gasteiger partial charge on any atom is 0.138 e. The molecule has 2 aliphatic heterocycles. The summed E-state index contributed by atoms with van der Waals surface area (Å²) in [4.78, 5) is 2.52. The van der Waals surface area contributed by atoms with E-state index in [0.717, 1.165) is 30.5 Å². The second-order valence-corrected chi connectivity index (χ2v) is 8.53. The first-order chi connectivity index (χ1) is 10.1. The molecule has 4 rings (SSSR count). The normalized spacial score (nSPS) is 28.2. The highest BCUT2D eigenvalue weighted by atomic mass is 32.2. The molecular weight excluding hydrogens is 284 g/mol. The molecule has 116 valence electrons. The predicted molar refractivity (Wildman–Crippen MR) is 83.5 cm³/mol. The molecule has 3 heterocycles. The number of ether oxygens (including phenoxy) is 1. The third-order valence-electron chi connectivity index (χ3n) is 5.03. The minimum absolute atomic E-state index is 0.465.